The first kappa shape index (κ1) is 17.6. The summed E-state index contributed by atoms with van der Waals surface area (Å²) in [4.78, 5) is 26.1. The maximum atomic E-state index is 12.5. The first-order valence-electron chi connectivity index (χ1n) is 8.07. The molecule has 2 aromatic rings. The molecule has 0 saturated carbocycles. The van der Waals surface area contributed by atoms with Crippen LogP contribution in [0.3, 0.4) is 0 Å². The highest BCUT2D eigenvalue weighted by molar-refractivity contribution is 6.05. The Hall–Kier alpha value is -3.22. The molecule has 0 aromatic heterocycles. The zero-order valence-corrected chi connectivity index (χ0v) is 14.9. The number of nitrogens with one attached hydrogen (secondary N) is 1. The highest BCUT2D eigenvalue weighted by atomic mass is 16.5. The van der Waals surface area contributed by atoms with Crippen molar-refractivity contribution >= 4 is 23.2 Å². The van der Waals surface area contributed by atoms with E-state index in [-0.39, 0.29) is 25.0 Å². The van der Waals surface area contributed by atoms with Crippen molar-refractivity contribution in [2.75, 3.05) is 37.6 Å². The van der Waals surface area contributed by atoms with Gasteiger partial charge in [-0.2, -0.15) is 0 Å². The Morgan fingerprint density at radius 3 is 2.65 bits per heavy atom. The second kappa shape index (κ2) is 7.35. The van der Waals surface area contributed by atoms with Gasteiger partial charge in [-0.25, -0.2) is 0 Å². The Morgan fingerprint density at radius 2 is 1.92 bits per heavy atom. The van der Waals surface area contributed by atoms with Crippen LogP contribution < -0.4 is 24.4 Å². The average molecular weight is 356 g/mol. The molecule has 1 heterocycles. The topological polar surface area (TPSA) is 77.1 Å². The zero-order valence-electron chi connectivity index (χ0n) is 14.9. The van der Waals surface area contributed by atoms with Crippen molar-refractivity contribution in [1.29, 1.82) is 0 Å². The number of anilines is 2. The van der Waals surface area contributed by atoms with Crippen LogP contribution in [0.2, 0.25) is 0 Å². The smallest absolute Gasteiger partial charge is 0.265 e. The maximum absolute atomic E-state index is 12.5. The number of rotatable bonds is 5. The van der Waals surface area contributed by atoms with Crippen molar-refractivity contribution in [3.63, 3.8) is 0 Å². The quantitative estimate of drug-likeness (QED) is 0.890. The number of carbonyl (C=O) groups excluding carboxylic acids is 2. The van der Waals surface area contributed by atoms with Gasteiger partial charge < -0.3 is 19.5 Å². The van der Waals surface area contributed by atoms with Crippen LogP contribution in [0, 0.1) is 6.92 Å². The molecule has 26 heavy (non-hydrogen) atoms. The summed E-state index contributed by atoms with van der Waals surface area (Å²) in [6.45, 7) is 1.73. The molecular formula is C19H20N2O5. The summed E-state index contributed by atoms with van der Waals surface area (Å²) in [7, 11) is 3.06. The standard InChI is InChI=1S/C19H20N2O5/c1-12-4-6-15-14(8-12)21(19(23)11-26-15)10-18(22)20-13-5-7-16(24-2)17(9-13)25-3/h4-9H,10-11H2,1-3H3,(H,20,22). The summed E-state index contributed by atoms with van der Waals surface area (Å²) < 4.78 is 15.8. The molecule has 1 N–H and O–H groups in total. The largest absolute Gasteiger partial charge is 0.493 e. The lowest BCUT2D eigenvalue weighted by Gasteiger charge is -2.29. The first-order chi connectivity index (χ1) is 12.5. The summed E-state index contributed by atoms with van der Waals surface area (Å²) in [6.07, 6.45) is 0. The molecule has 0 bridgehead atoms. The summed E-state index contributed by atoms with van der Waals surface area (Å²) in [5.41, 5.74) is 2.13. The molecule has 1 aliphatic heterocycles. The van der Waals surface area contributed by atoms with Crippen molar-refractivity contribution in [3.05, 3.63) is 42.0 Å². The third-order valence-corrected chi connectivity index (χ3v) is 4.03. The monoisotopic (exact) mass is 356 g/mol. The Morgan fingerprint density at radius 1 is 1.15 bits per heavy atom. The van der Waals surface area contributed by atoms with E-state index in [0.717, 1.165) is 5.56 Å². The number of hydrogen-bond acceptors (Lipinski definition) is 5. The van der Waals surface area contributed by atoms with E-state index in [4.69, 9.17) is 14.2 Å². The molecule has 0 unspecified atom stereocenters. The summed E-state index contributed by atoms with van der Waals surface area (Å²) in [6, 6.07) is 10.6. The van der Waals surface area contributed by atoms with Crippen LogP contribution in [0.15, 0.2) is 36.4 Å². The van der Waals surface area contributed by atoms with Gasteiger partial charge in [0.1, 0.15) is 12.3 Å². The number of hydrogen-bond donors (Lipinski definition) is 1. The second-order valence-electron chi connectivity index (χ2n) is 5.86. The van der Waals surface area contributed by atoms with Crippen LogP contribution in [-0.4, -0.2) is 39.2 Å². The van der Waals surface area contributed by atoms with Gasteiger partial charge in [-0.05, 0) is 36.8 Å². The fourth-order valence-electron chi connectivity index (χ4n) is 2.74. The molecule has 0 radical (unpaired) electrons. The van der Waals surface area contributed by atoms with Gasteiger partial charge in [-0.15, -0.1) is 0 Å². The van der Waals surface area contributed by atoms with Crippen LogP contribution in [0.1, 0.15) is 5.56 Å². The number of carbonyl (C=O) groups is 2. The van der Waals surface area contributed by atoms with Crippen LogP contribution in [0.25, 0.3) is 0 Å². The highest BCUT2D eigenvalue weighted by Crippen LogP contribution is 2.33. The Bertz CT molecular complexity index is 850. The minimum absolute atomic E-state index is 0.0836. The molecule has 0 saturated heterocycles. The van der Waals surface area contributed by atoms with Gasteiger partial charge in [0, 0.05) is 11.8 Å². The van der Waals surface area contributed by atoms with Crippen molar-refractivity contribution in [2.24, 2.45) is 0 Å². The van der Waals surface area contributed by atoms with Crippen LogP contribution in [0.4, 0.5) is 11.4 Å². The van der Waals surface area contributed by atoms with E-state index >= 15 is 0 Å². The van der Waals surface area contributed by atoms with Gasteiger partial charge in [0.05, 0.1) is 19.9 Å². The lowest BCUT2D eigenvalue weighted by molar-refractivity contribution is -0.123. The van der Waals surface area contributed by atoms with E-state index in [1.54, 1.807) is 31.4 Å². The van der Waals surface area contributed by atoms with Crippen LogP contribution >= 0.6 is 0 Å². The third-order valence-electron chi connectivity index (χ3n) is 4.03. The van der Waals surface area contributed by atoms with Gasteiger partial charge in [-0.3, -0.25) is 14.5 Å². The Balaban J connectivity index is 1.76. The highest BCUT2D eigenvalue weighted by Gasteiger charge is 2.27. The molecule has 7 heteroatoms. The number of aryl methyl sites for hydroxylation is 1. The van der Waals surface area contributed by atoms with E-state index in [1.807, 2.05) is 19.1 Å². The first-order valence-corrected chi connectivity index (χ1v) is 8.07. The lowest BCUT2D eigenvalue weighted by Crippen LogP contribution is -2.43. The molecule has 0 aliphatic carbocycles. The fraction of sp³-hybridized carbons (Fsp3) is 0.263. The molecule has 1 aliphatic rings. The number of benzene rings is 2. The zero-order chi connectivity index (χ0) is 18.7. The van der Waals surface area contributed by atoms with Crippen LogP contribution in [-0.2, 0) is 9.59 Å². The fourth-order valence-corrected chi connectivity index (χ4v) is 2.74. The molecule has 0 atom stereocenters. The predicted molar refractivity (Wildman–Crippen MR) is 97.2 cm³/mol. The number of methoxy groups -OCH3 is 2. The minimum Gasteiger partial charge on any atom is -0.493 e. The minimum atomic E-state index is -0.320. The van der Waals surface area contributed by atoms with Gasteiger partial charge in [-0.1, -0.05) is 6.07 Å². The second-order valence-corrected chi connectivity index (χ2v) is 5.86. The van der Waals surface area contributed by atoms with Crippen molar-refractivity contribution in [3.8, 4) is 17.2 Å². The average Bonchev–Trinajstić information content (AvgIpc) is 2.64. The molecule has 0 spiro atoms. The molecule has 7 nitrogen and oxygen atoms in total. The molecule has 136 valence electrons. The number of amides is 2. The molecule has 2 aromatic carbocycles. The number of ether oxygens (including phenoxy) is 3. The normalized spacial score (nSPS) is 12.9. The Kier molecular flexibility index (Phi) is 4.97. The van der Waals surface area contributed by atoms with E-state index < -0.39 is 0 Å². The van der Waals surface area contributed by atoms with Crippen molar-refractivity contribution < 1.29 is 23.8 Å². The van der Waals surface area contributed by atoms with E-state index in [2.05, 4.69) is 5.32 Å². The molecular weight excluding hydrogens is 336 g/mol. The van der Waals surface area contributed by atoms with E-state index in [9.17, 15) is 9.59 Å². The van der Waals surface area contributed by atoms with Gasteiger partial charge >= 0.3 is 0 Å². The molecule has 2 amide bonds. The van der Waals surface area contributed by atoms with Crippen molar-refractivity contribution in [2.45, 2.75) is 6.92 Å². The molecule has 0 fully saturated rings. The molecule has 3 rings (SSSR count). The van der Waals surface area contributed by atoms with E-state index in [0.29, 0.717) is 28.6 Å². The van der Waals surface area contributed by atoms with Gasteiger partial charge in [0.25, 0.3) is 5.91 Å². The van der Waals surface area contributed by atoms with Crippen LogP contribution in [0.5, 0.6) is 17.2 Å². The maximum Gasteiger partial charge on any atom is 0.265 e. The number of fused-ring (bicyclic) bond motifs is 1. The summed E-state index contributed by atoms with van der Waals surface area (Å²) in [5.74, 6) is 1.09. The van der Waals surface area contributed by atoms with Crippen molar-refractivity contribution in [1.82, 2.24) is 0 Å². The summed E-state index contributed by atoms with van der Waals surface area (Å²) >= 11 is 0. The SMILES string of the molecule is COc1ccc(NC(=O)CN2C(=O)COc3ccc(C)cc32)cc1OC. The Labute approximate surface area is 151 Å². The van der Waals surface area contributed by atoms with Gasteiger partial charge in [0.2, 0.25) is 5.91 Å². The van der Waals surface area contributed by atoms with Gasteiger partial charge in [0.15, 0.2) is 18.1 Å². The third kappa shape index (κ3) is 3.56. The number of nitrogens with zero attached hydrogens (tertiary/aromatic N) is 1. The predicted octanol–water partition coefficient (Wildman–Crippen LogP) is 2.38. The lowest BCUT2D eigenvalue weighted by atomic mass is 10.1. The van der Waals surface area contributed by atoms with E-state index in [1.165, 1.54) is 12.0 Å². The summed E-state index contributed by atoms with van der Waals surface area (Å²) in [5, 5.41) is 2.77.